The van der Waals surface area contributed by atoms with Crippen LogP contribution in [0, 0.1) is 0 Å². The Balaban J connectivity index is 1.70. The van der Waals surface area contributed by atoms with Gasteiger partial charge in [0.25, 0.3) is 0 Å². The third-order valence-corrected chi connectivity index (χ3v) is 5.21. The van der Waals surface area contributed by atoms with E-state index >= 15 is 0 Å². The first-order valence-electron chi connectivity index (χ1n) is 9.76. The Kier molecular flexibility index (Phi) is 8.81. The second-order valence-electron chi connectivity index (χ2n) is 7.62. The van der Waals surface area contributed by atoms with E-state index in [-0.39, 0.29) is 5.41 Å². The average Bonchev–Trinajstić information content (AvgIpc) is 3.09. The highest BCUT2D eigenvalue weighted by atomic mass is 32.1. The molecule has 0 atom stereocenters. The molecule has 2 heterocycles. The van der Waals surface area contributed by atoms with Gasteiger partial charge in [-0.1, -0.05) is 20.8 Å². The van der Waals surface area contributed by atoms with Gasteiger partial charge in [-0.2, -0.15) is 0 Å². The van der Waals surface area contributed by atoms with E-state index < -0.39 is 0 Å². The Bertz CT molecular complexity index is 546. The zero-order valence-electron chi connectivity index (χ0n) is 16.8. The molecule has 0 bridgehead atoms. The normalized spacial score (nSPS) is 16.7. The minimum Gasteiger partial charge on any atom is -0.379 e. The number of thiazole rings is 1. The van der Waals surface area contributed by atoms with Gasteiger partial charge in [0.05, 0.1) is 23.9 Å². The summed E-state index contributed by atoms with van der Waals surface area (Å²) in [7, 11) is 0. The van der Waals surface area contributed by atoms with Crippen LogP contribution in [0.2, 0.25) is 0 Å². The lowest BCUT2D eigenvalue weighted by Gasteiger charge is -2.26. The lowest BCUT2D eigenvalue weighted by atomic mass is 9.93. The van der Waals surface area contributed by atoms with E-state index in [1.165, 1.54) is 10.7 Å². The average molecular weight is 382 g/mol. The predicted octanol–water partition coefficient (Wildman–Crippen LogP) is 2.26. The predicted molar refractivity (Wildman–Crippen MR) is 110 cm³/mol. The summed E-state index contributed by atoms with van der Waals surface area (Å²) in [5, 5.41) is 10.1. The summed E-state index contributed by atoms with van der Waals surface area (Å²) in [4.78, 5) is 11.9. The van der Waals surface area contributed by atoms with Crippen molar-refractivity contribution in [2.45, 2.75) is 46.0 Å². The summed E-state index contributed by atoms with van der Waals surface area (Å²) in [6, 6.07) is 0. The highest BCUT2D eigenvalue weighted by molar-refractivity contribution is 7.09. The van der Waals surface area contributed by atoms with Crippen molar-refractivity contribution in [2.75, 3.05) is 52.5 Å². The number of rotatable bonds is 8. The van der Waals surface area contributed by atoms with Crippen LogP contribution in [0.5, 0.6) is 0 Å². The van der Waals surface area contributed by atoms with E-state index in [2.05, 4.69) is 48.6 Å². The van der Waals surface area contributed by atoms with Gasteiger partial charge in [0.2, 0.25) is 0 Å². The molecule has 2 rings (SSSR count). The number of guanidine groups is 1. The van der Waals surface area contributed by atoms with Gasteiger partial charge in [-0.05, 0) is 13.3 Å². The zero-order chi connectivity index (χ0) is 18.8. The molecule has 2 N–H and O–H groups in total. The number of aliphatic imine (C=N–C) groups is 1. The number of hydrogen-bond acceptors (Lipinski definition) is 5. The molecule has 1 fully saturated rings. The van der Waals surface area contributed by atoms with Gasteiger partial charge >= 0.3 is 0 Å². The number of ether oxygens (including phenoxy) is 1. The van der Waals surface area contributed by atoms with E-state index in [0.717, 1.165) is 71.3 Å². The van der Waals surface area contributed by atoms with Gasteiger partial charge in [0.1, 0.15) is 0 Å². The third kappa shape index (κ3) is 7.60. The van der Waals surface area contributed by atoms with Crippen LogP contribution in [-0.2, 0) is 16.6 Å². The smallest absolute Gasteiger partial charge is 0.191 e. The molecule has 0 amide bonds. The van der Waals surface area contributed by atoms with Crippen LogP contribution < -0.4 is 10.6 Å². The van der Waals surface area contributed by atoms with Crippen molar-refractivity contribution < 1.29 is 4.74 Å². The number of nitrogens with zero attached hydrogens (tertiary/aromatic N) is 3. The largest absolute Gasteiger partial charge is 0.379 e. The fraction of sp³-hybridized carbons (Fsp3) is 0.789. The van der Waals surface area contributed by atoms with Crippen molar-refractivity contribution in [3.63, 3.8) is 0 Å². The SMILES string of the molecule is CCNC(=NCCCN1CCOCC1)NCCc1nc(C(C)(C)C)cs1. The molecule has 0 unspecified atom stereocenters. The van der Waals surface area contributed by atoms with Gasteiger partial charge < -0.3 is 15.4 Å². The minimum atomic E-state index is 0.124. The van der Waals surface area contributed by atoms with E-state index in [1.54, 1.807) is 11.3 Å². The standard InChI is InChI=1S/C19H35N5OS/c1-5-20-18(21-8-6-10-24-11-13-25-14-12-24)22-9-7-17-23-16(15-26-17)19(2,3)4/h15H,5-14H2,1-4H3,(H2,20,21,22). The topological polar surface area (TPSA) is 61.8 Å². The van der Waals surface area contributed by atoms with Crippen LogP contribution in [0.25, 0.3) is 0 Å². The number of hydrogen-bond donors (Lipinski definition) is 2. The molecule has 7 heteroatoms. The van der Waals surface area contributed by atoms with Crippen LogP contribution in [-0.4, -0.2) is 68.3 Å². The minimum absolute atomic E-state index is 0.124. The summed E-state index contributed by atoms with van der Waals surface area (Å²) in [6.45, 7) is 16.2. The molecule has 1 aliphatic heterocycles. The van der Waals surface area contributed by atoms with Crippen molar-refractivity contribution in [3.05, 3.63) is 16.1 Å². The first-order chi connectivity index (χ1) is 12.5. The van der Waals surface area contributed by atoms with Crippen molar-refractivity contribution in [1.29, 1.82) is 0 Å². The number of nitrogens with one attached hydrogen (secondary N) is 2. The summed E-state index contributed by atoms with van der Waals surface area (Å²) in [6.07, 6.45) is 2.01. The summed E-state index contributed by atoms with van der Waals surface area (Å²) < 4.78 is 5.38. The van der Waals surface area contributed by atoms with E-state index in [0.29, 0.717) is 0 Å². The highest BCUT2D eigenvalue weighted by Gasteiger charge is 2.17. The van der Waals surface area contributed by atoms with Crippen molar-refractivity contribution in [1.82, 2.24) is 20.5 Å². The maximum Gasteiger partial charge on any atom is 0.191 e. The molecule has 0 saturated carbocycles. The van der Waals surface area contributed by atoms with Gasteiger partial charge in [0, 0.05) is 56.5 Å². The molecule has 26 heavy (non-hydrogen) atoms. The molecule has 0 aliphatic carbocycles. The van der Waals surface area contributed by atoms with Crippen molar-refractivity contribution in [2.24, 2.45) is 4.99 Å². The van der Waals surface area contributed by atoms with Crippen LogP contribution in [0.1, 0.15) is 44.8 Å². The van der Waals surface area contributed by atoms with Crippen LogP contribution in [0.3, 0.4) is 0 Å². The van der Waals surface area contributed by atoms with Crippen LogP contribution in [0.15, 0.2) is 10.4 Å². The van der Waals surface area contributed by atoms with Crippen molar-refractivity contribution >= 4 is 17.3 Å². The second kappa shape index (κ2) is 10.8. The van der Waals surface area contributed by atoms with E-state index in [9.17, 15) is 0 Å². The monoisotopic (exact) mass is 381 g/mol. The Labute approximate surface area is 162 Å². The maximum atomic E-state index is 5.38. The molecule has 148 valence electrons. The lowest BCUT2D eigenvalue weighted by molar-refractivity contribution is 0.0377. The Morgan fingerprint density at radius 2 is 2.08 bits per heavy atom. The number of morpholine rings is 1. The first-order valence-corrected chi connectivity index (χ1v) is 10.6. The molecule has 1 aromatic heterocycles. The number of aromatic nitrogens is 1. The molecule has 1 saturated heterocycles. The van der Waals surface area contributed by atoms with Gasteiger partial charge in [-0.15, -0.1) is 11.3 Å². The Hall–Kier alpha value is -1.18. The molecule has 6 nitrogen and oxygen atoms in total. The quantitative estimate of drug-likeness (QED) is 0.411. The Morgan fingerprint density at radius 1 is 1.31 bits per heavy atom. The molecular formula is C19H35N5OS. The van der Waals surface area contributed by atoms with Crippen LogP contribution >= 0.6 is 11.3 Å². The second-order valence-corrected chi connectivity index (χ2v) is 8.56. The van der Waals surface area contributed by atoms with E-state index in [1.807, 2.05) is 0 Å². The zero-order valence-corrected chi connectivity index (χ0v) is 17.6. The summed E-state index contributed by atoms with van der Waals surface area (Å²) in [5.74, 6) is 0.905. The fourth-order valence-corrected chi connectivity index (χ4v) is 3.73. The molecule has 1 aromatic rings. The molecule has 0 radical (unpaired) electrons. The Morgan fingerprint density at radius 3 is 2.73 bits per heavy atom. The molecule has 1 aliphatic rings. The van der Waals surface area contributed by atoms with Gasteiger partial charge in [-0.3, -0.25) is 9.89 Å². The highest BCUT2D eigenvalue weighted by Crippen LogP contribution is 2.23. The summed E-state index contributed by atoms with van der Waals surface area (Å²) >= 11 is 1.75. The van der Waals surface area contributed by atoms with Crippen LogP contribution in [0.4, 0.5) is 0 Å². The third-order valence-electron chi connectivity index (χ3n) is 4.30. The van der Waals surface area contributed by atoms with Gasteiger partial charge in [-0.25, -0.2) is 4.98 Å². The van der Waals surface area contributed by atoms with Gasteiger partial charge in [0.15, 0.2) is 5.96 Å². The molecule has 0 spiro atoms. The van der Waals surface area contributed by atoms with E-state index in [4.69, 9.17) is 14.7 Å². The maximum absolute atomic E-state index is 5.38. The summed E-state index contributed by atoms with van der Waals surface area (Å²) in [5.41, 5.74) is 1.31. The fourth-order valence-electron chi connectivity index (χ4n) is 2.71. The first kappa shape index (κ1) is 21.1. The van der Waals surface area contributed by atoms with Crippen molar-refractivity contribution in [3.8, 4) is 0 Å². The molecule has 0 aromatic carbocycles. The lowest BCUT2D eigenvalue weighted by Crippen LogP contribution is -2.39. The molecular weight excluding hydrogens is 346 g/mol.